The Kier molecular flexibility index (Phi) is 6.66. The van der Waals surface area contributed by atoms with Gasteiger partial charge in [0.05, 0.1) is 38.8 Å². The van der Waals surface area contributed by atoms with Crippen molar-refractivity contribution in [1.82, 2.24) is 4.68 Å². The summed E-state index contributed by atoms with van der Waals surface area (Å²) in [5, 5.41) is 6.43. The summed E-state index contributed by atoms with van der Waals surface area (Å²) >= 11 is 1.40. The van der Waals surface area contributed by atoms with Crippen LogP contribution in [0.25, 0.3) is 11.3 Å². The lowest BCUT2D eigenvalue weighted by atomic mass is 10.1. The van der Waals surface area contributed by atoms with E-state index in [1.165, 1.54) is 17.4 Å². The Bertz CT molecular complexity index is 1060. The zero-order valence-electron chi connectivity index (χ0n) is 16.7. The zero-order valence-corrected chi connectivity index (χ0v) is 17.5. The molecule has 1 aromatic heterocycles. The van der Waals surface area contributed by atoms with Crippen molar-refractivity contribution in [2.24, 2.45) is 10.1 Å². The van der Waals surface area contributed by atoms with Gasteiger partial charge in [0.25, 0.3) is 0 Å². The molecule has 0 amide bonds. The second-order valence-corrected chi connectivity index (χ2v) is 6.70. The lowest BCUT2D eigenvalue weighted by Crippen LogP contribution is -2.13. The maximum absolute atomic E-state index is 14.4. The summed E-state index contributed by atoms with van der Waals surface area (Å²) in [6.45, 7) is 2.52. The monoisotopic (exact) mass is 415 g/mol. The Balaban J connectivity index is 2.16. The van der Waals surface area contributed by atoms with Gasteiger partial charge in [-0.05, 0) is 19.1 Å². The average molecular weight is 415 g/mol. The molecule has 0 atom stereocenters. The number of rotatable bonds is 7. The number of ether oxygens (including phenoxy) is 3. The summed E-state index contributed by atoms with van der Waals surface area (Å²) in [6.07, 6.45) is 1.61. The van der Waals surface area contributed by atoms with Crippen molar-refractivity contribution in [3.63, 3.8) is 0 Å². The Hall–Kier alpha value is -3.13. The average Bonchev–Trinajstić information content (AvgIpc) is 3.14. The SMILES string of the molecule is CCN=c1scc(-c2ccccc2F)n1N=Cc1c(OC)cc(OC)cc1OC. The highest BCUT2D eigenvalue weighted by molar-refractivity contribution is 7.07. The number of benzene rings is 2. The Morgan fingerprint density at radius 2 is 1.76 bits per heavy atom. The maximum Gasteiger partial charge on any atom is 0.206 e. The molecule has 0 unspecified atom stereocenters. The van der Waals surface area contributed by atoms with Crippen LogP contribution in [-0.2, 0) is 0 Å². The molecule has 0 radical (unpaired) electrons. The minimum atomic E-state index is -0.322. The first-order valence-corrected chi connectivity index (χ1v) is 9.81. The molecule has 0 aliphatic carbocycles. The van der Waals surface area contributed by atoms with E-state index in [0.29, 0.717) is 45.4 Å². The van der Waals surface area contributed by atoms with Crippen LogP contribution in [0.2, 0.25) is 0 Å². The van der Waals surface area contributed by atoms with Crippen LogP contribution in [0.3, 0.4) is 0 Å². The van der Waals surface area contributed by atoms with E-state index in [-0.39, 0.29) is 5.82 Å². The highest BCUT2D eigenvalue weighted by Gasteiger charge is 2.14. The van der Waals surface area contributed by atoms with Crippen LogP contribution in [0.15, 0.2) is 51.9 Å². The van der Waals surface area contributed by atoms with Gasteiger partial charge in [-0.2, -0.15) is 5.10 Å². The first kappa shape index (κ1) is 20.6. The van der Waals surface area contributed by atoms with Crippen molar-refractivity contribution >= 4 is 17.6 Å². The smallest absolute Gasteiger partial charge is 0.206 e. The maximum atomic E-state index is 14.4. The predicted molar refractivity (Wildman–Crippen MR) is 113 cm³/mol. The van der Waals surface area contributed by atoms with Crippen molar-refractivity contribution < 1.29 is 18.6 Å². The van der Waals surface area contributed by atoms with E-state index in [2.05, 4.69) is 10.1 Å². The van der Waals surface area contributed by atoms with E-state index >= 15 is 0 Å². The summed E-state index contributed by atoms with van der Waals surface area (Å²) in [7, 11) is 4.69. The van der Waals surface area contributed by atoms with Gasteiger partial charge in [0, 0.05) is 29.6 Å². The van der Waals surface area contributed by atoms with Crippen molar-refractivity contribution in [2.45, 2.75) is 6.92 Å². The lowest BCUT2D eigenvalue weighted by Gasteiger charge is -2.12. The molecule has 3 aromatic rings. The lowest BCUT2D eigenvalue weighted by molar-refractivity contribution is 0.374. The van der Waals surface area contributed by atoms with Gasteiger partial charge >= 0.3 is 0 Å². The van der Waals surface area contributed by atoms with Crippen molar-refractivity contribution in [1.29, 1.82) is 0 Å². The molecule has 0 fully saturated rings. The third-order valence-corrected chi connectivity index (χ3v) is 5.04. The van der Waals surface area contributed by atoms with Crippen LogP contribution in [0.5, 0.6) is 17.2 Å². The van der Waals surface area contributed by atoms with E-state index in [0.717, 1.165) is 0 Å². The van der Waals surface area contributed by atoms with Crippen LogP contribution < -0.4 is 19.0 Å². The first-order valence-electron chi connectivity index (χ1n) is 8.93. The van der Waals surface area contributed by atoms with Gasteiger partial charge in [0.15, 0.2) is 0 Å². The van der Waals surface area contributed by atoms with Crippen molar-refractivity contribution in [3.05, 3.63) is 58.0 Å². The number of halogens is 1. The van der Waals surface area contributed by atoms with Crippen LogP contribution in [0, 0.1) is 5.82 Å². The molecule has 29 heavy (non-hydrogen) atoms. The quantitative estimate of drug-likeness (QED) is 0.544. The van der Waals surface area contributed by atoms with Gasteiger partial charge in [-0.1, -0.05) is 12.1 Å². The Labute approximate surface area is 172 Å². The molecule has 152 valence electrons. The molecule has 0 aliphatic rings. The fourth-order valence-electron chi connectivity index (χ4n) is 2.78. The minimum Gasteiger partial charge on any atom is -0.496 e. The summed E-state index contributed by atoms with van der Waals surface area (Å²) in [4.78, 5) is 5.13. The van der Waals surface area contributed by atoms with Crippen LogP contribution in [0.4, 0.5) is 4.39 Å². The molecule has 0 saturated heterocycles. The van der Waals surface area contributed by atoms with E-state index in [1.54, 1.807) is 62.6 Å². The topological polar surface area (TPSA) is 57.3 Å². The number of hydrogen-bond acceptors (Lipinski definition) is 6. The predicted octanol–water partition coefficient (Wildman–Crippen LogP) is 4.18. The molecule has 0 spiro atoms. The zero-order chi connectivity index (χ0) is 20.8. The van der Waals surface area contributed by atoms with Crippen LogP contribution in [0.1, 0.15) is 12.5 Å². The van der Waals surface area contributed by atoms with Crippen LogP contribution in [-0.4, -0.2) is 38.8 Å². The highest BCUT2D eigenvalue weighted by atomic mass is 32.1. The first-order chi connectivity index (χ1) is 14.1. The standard InChI is InChI=1S/C21H22FN3O3S/c1-5-23-21-25(18(13-29-21)15-8-6-7-9-17(15)22)24-12-16-19(27-3)10-14(26-2)11-20(16)28-4/h6-13H,5H2,1-4H3. The van der Waals surface area contributed by atoms with Crippen molar-refractivity contribution in [2.75, 3.05) is 27.9 Å². The van der Waals surface area contributed by atoms with E-state index < -0.39 is 0 Å². The van der Waals surface area contributed by atoms with Crippen LogP contribution >= 0.6 is 11.3 Å². The summed E-state index contributed by atoms with van der Waals surface area (Å²) in [5.41, 5.74) is 1.70. The van der Waals surface area contributed by atoms with Crippen molar-refractivity contribution in [3.8, 4) is 28.5 Å². The summed E-state index contributed by atoms with van der Waals surface area (Å²) in [6, 6.07) is 10.1. The summed E-state index contributed by atoms with van der Waals surface area (Å²) < 4.78 is 32.2. The number of nitrogens with zero attached hydrogens (tertiary/aromatic N) is 3. The van der Waals surface area contributed by atoms with Gasteiger partial charge < -0.3 is 14.2 Å². The minimum absolute atomic E-state index is 0.322. The molecule has 0 N–H and O–H groups in total. The molecular weight excluding hydrogens is 393 g/mol. The highest BCUT2D eigenvalue weighted by Crippen LogP contribution is 2.33. The van der Waals surface area contributed by atoms with Gasteiger partial charge in [-0.3, -0.25) is 4.99 Å². The molecule has 8 heteroatoms. The fraction of sp³-hybridized carbons (Fsp3) is 0.238. The molecule has 6 nitrogen and oxygen atoms in total. The molecular formula is C21H22FN3O3S. The Morgan fingerprint density at radius 3 is 2.34 bits per heavy atom. The van der Waals surface area contributed by atoms with Gasteiger partial charge in [0.2, 0.25) is 4.80 Å². The van der Waals surface area contributed by atoms with Gasteiger partial charge in [-0.25, -0.2) is 9.07 Å². The van der Waals surface area contributed by atoms with E-state index in [1.807, 2.05) is 12.3 Å². The molecule has 1 heterocycles. The summed E-state index contributed by atoms with van der Waals surface area (Å²) in [5.74, 6) is 1.37. The Morgan fingerprint density at radius 1 is 1.07 bits per heavy atom. The molecule has 2 aromatic carbocycles. The number of methoxy groups -OCH3 is 3. The normalized spacial score (nSPS) is 11.8. The fourth-order valence-corrected chi connectivity index (χ4v) is 3.68. The van der Waals surface area contributed by atoms with E-state index in [4.69, 9.17) is 14.2 Å². The van der Waals surface area contributed by atoms with E-state index in [9.17, 15) is 4.39 Å². The number of hydrogen-bond donors (Lipinski definition) is 0. The third-order valence-electron chi connectivity index (χ3n) is 4.18. The second kappa shape index (κ2) is 9.38. The third kappa shape index (κ3) is 4.32. The number of thiazole rings is 1. The molecule has 0 bridgehead atoms. The molecule has 0 saturated carbocycles. The largest absolute Gasteiger partial charge is 0.496 e. The molecule has 3 rings (SSSR count). The van der Waals surface area contributed by atoms with Gasteiger partial charge in [-0.15, -0.1) is 11.3 Å². The second-order valence-electron chi connectivity index (χ2n) is 5.86. The number of aromatic nitrogens is 1. The molecule has 0 aliphatic heterocycles. The van der Waals surface area contributed by atoms with Gasteiger partial charge in [0.1, 0.15) is 23.1 Å².